The van der Waals surface area contributed by atoms with Gasteiger partial charge in [0.2, 0.25) is 5.91 Å². The summed E-state index contributed by atoms with van der Waals surface area (Å²) in [5.41, 5.74) is 2.20. The highest BCUT2D eigenvalue weighted by Gasteiger charge is 2.34. The minimum Gasteiger partial charge on any atom is -0.405 e. The van der Waals surface area contributed by atoms with Crippen LogP contribution in [0.2, 0.25) is 0 Å². The minimum atomic E-state index is -4.94. The van der Waals surface area contributed by atoms with Crippen LogP contribution in [0.25, 0.3) is 11.1 Å². The van der Waals surface area contributed by atoms with Crippen LogP contribution in [0.1, 0.15) is 22.8 Å². The average molecular weight is 498 g/mol. The van der Waals surface area contributed by atoms with E-state index in [1.54, 1.807) is 55.5 Å². The number of halogens is 3. The second-order valence-corrected chi connectivity index (χ2v) is 8.53. The van der Waals surface area contributed by atoms with Gasteiger partial charge in [0.05, 0.1) is 5.56 Å². The predicted molar refractivity (Wildman–Crippen MR) is 130 cm³/mol. The van der Waals surface area contributed by atoms with Crippen molar-refractivity contribution >= 4 is 17.5 Å². The van der Waals surface area contributed by atoms with Crippen LogP contribution in [0.5, 0.6) is 5.75 Å². The molecule has 1 N–H and O–H groups in total. The van der Waals surface area contributed by atoms with Crippen molar-refractivity contribution in [1.29, 1.82) is 0 Å². The van der Waals surface area contributed by atoms with Crippen molar-refractivity contribution in [3.63, 3.8) is 0 Å². The van der Waals surface area contributed by atoms with E-state index in [1.807, 2.05) is 17.0 Å². The van der Waals surface area contributed by atoms with Crippen LogP contribution in [0, 0.1) is 0 Å². The third kappa shape index (κ3) is 6.42. The molecular formula is C27H26F3N3O3. The van der Waals surface area contributed by atoms with Gasteiger partial charge in [-0.3, -0.25) is 14.5 Å². The van der Waals surface area contributed by atoms with Crippen LogP contribution in [0.3, 0.4) is 0 Å². The molecule has 0 aliphatic carbocycles. The third-order valence-corrected chi connectivity index (χ3v) is 6.00. The van der Waals surface area contributed by atoms with Gasteiger partial charge in [-0.25, -0.2) is 0 Å². The number of benzene rings is 3. The van der Waals surface area contributed by atoms with Crippen molar-refractivity contribution in [1.82, 2.24) is 9.80 Å². The van der Waals surface area contributed by atoms with Gasteiger partial charge in [-0.15, -0.1) is 13.2 Å². The lowest BCUT2D eigenvalue weighted by molar-refractivity contribution is -0.274. The van der Waals surface area contributed by atoms with E-state index in [0.717, 1.165) is 24.7 Å². The standard InChI is InChI=1S/C27H26F3N3O3/c1-19(34)33-16-14-32(15-17-33)18-20-10-12-22(13-11-20)31-26(35)25-23(21-6-3-2-4-7-21)8-5-9-24(25)36-27(28,29)30/h2-13H,14-18H2,1H3,(H,31,35). The first-order valence-corrected chi connectivity index (χ1v) is 11.5. The van der Waals surface area contributed by atoms with E-state index in [2.05, 4.69) is 15.0 Å². The van der Waals surface area contributed by atoms with E-state index in [-0.39, 0.29) is 11.5 Å². The highest BCUT2D eigenvalue weighted by molar-refractivity contribution is 6.10. The molecule has 1 fully saturated rings. The van der Waals surface area contributed by atoms with Gasteiger partial charge < -0.3 is 15.0 Å². The molecule has 1 saturated heterocycles. The van der Waals surface area contributed by atoms with Gasteiger partial charge in [0.15, 0.2) is 0 Å². The molecule has 0 unspecified atom stereocenters. The monoisotopic (exact) mass is 497 g/mol. The number of carbonyl (C=O) groups is 2. The summed E-state index contributed by atoms with van der Waals surface area (Å²) in [6, 6.07) is 20.0. The van der Waals surface area contributed by atoms with E-state index < -0.39 is 18.0 Å². The van der Waals surface area contributed by atoms with Crippen LogP contribution >= 0.6 is 0 Å². The van der Waals surface area contributed by atoms with Crippen LogP contribution < -0.4 is 10.1 Å². The van der Waals surface area contributed by atoms with E-state index in [9.17, 15) is 22.8 Å². The Morgan fingerprint density at radius 2 is 1.56 bits per heavy atom. The zero-order chi connectivity index (χ0) is 25.7. The molecule has 188 valence electrons. The molecule has 0 saturated carbocycles. The van der Waals surface area contributed by atoms with Crippen LogP contribution in [0.15, 0.2) is 72.8 Å². The second kappa shape index (κ2) is 10.8. The molecule has 6 nitrogen and oxygen atoms in total. The molecule has 0 bridgehead atoms. The summed E-state index contributed by atoms with van der Waals surface area (Å²) in [4.78, 5) is 28.8. The van der Waals surface area contributed by atoms with Crippen LogP contribution in [-0.2, 0) is 11.3 Å². The fraction of sp³-hybridized carbons (Fsp3) is 0.259. The molecule has 0 aromatic heterocycles. The van der Waals surface area contributed by atoms with Gasteiger partial charge >= 0.3 is 6.36 Å². The van der Waals surface area contributed by atoms with Gasteiger partial charge in [-0.05, 0) is 34.9 Å². The molecule has 2 amide bonds. The molecule has 0 spiro atoms. The molecule has 0 radical (unpaired) electrons. The smallest absolute Gasteiger partial charge is 0.405 e. The highest BCUT2D eigenvalue weighted by atomic mass is 19.4. The zero-order valence-electron chi connectivity index (χ0n) is 19.7. The van der Waals surface area contributed by atoms with Crippen molar-refractivity contribution in [2.45, 2.75) is 19.8 Å². The number of piperazine rings is 1. The first kappa shape index (κ1) is 25.2. The summed E-state index contributed by atoms with van der Waals surface area (Å²) in [5, 5.41) is 2.70. The number of ether oxygens (including phenoxy) is 1. The number of anilines is 1. The Morgan fingerprint density at radius 3 is 2.17 bits per heavy atom. The summed E-state index contributed by atoms with van der Waals surface area (Å²) in [5.74, 6) is -1.20. The molecule has 9 heteroatoms. The fourth-order valence-electron chi connectivity index (χ4n) is 4.20. The summed E-state index contributed by atoms with van der Waals surface area (Å²) >= 11 is 0. The molecule has 0 atom stereocenters. The molecule has 3 aromatic carbocycles. The van der Waals surface area contributed by atoms with E-state index >= 15 is 0 Å². The summed E-state index contributed by atoms with van der Waals surface area (Å²) < 4.78 is 43.4. The van der Waals surface area contributed by atoms with E-state index in [4.69, 9.17) is 0 Å². The number of amides is 2. The maximum atomic E-state index is 13.2. The SMILES string of the molecule is CC(=O)N1CCN(Cc2ccc(NC(=O)c3c(OC(F)(F)F)cccc3-c3ccccc3)cc2)CC1. The van der Waals surface area contributed by atoms with Crippen molar-refractivity contribution in [3.8, 4) is 16.9 Å². The van der Waals surface area contributed by atoms with Crippen molar-refractivity contribution in [2.75, 3.05) is 31.5 Å². The Bertz CT molecular complexity index is 1210. The number of hydrogen-bond donors (Lipinski definition) is 1. The van der Waals surface area contributed by atoms with Gasteiger partial charge in [-0.2, -0.15) is 0 Å². The van der Waals surface area contributed by atoms with Gasteiger partial charge in [0.25, 0.3) is 5.91 Å². The molecule has 1 aliphatic rings. The average Bonchev–Trinajstić information content (AvgIpc) is 2.85. The quantitative estimate of drug-likeness (QED) is 0.511. The molecule has 4 rings (SSSR count). The molecule has 36 heavy (non-hydrogen) atoms. The Labute approximate surface area is 207 Å². The fourth-order valence-corrected chi connectivity index (χ4v) is 4.20. The molecule has 1 aliphatic heterocycles. The predicted octanol–water partition coefficient (Wildman–Crippen LogP) is 5.17. The minimum absolute atomic E-state index is 0.0763. The van der Waals surface area contributed by atoms with E-state index in [0.29, 0.717) is 36.4 Å². The Hall–Kier alpha value is -3.85. The first-order valence-electron chi connectivity index (χ1n) is 11.5. The Morgan fingerprint density at radius 1 is 0.889 bits per heavy atom. The maximum Gasteiger partial charge on any atom is 0.573 e. The van der Waals surface area contributed by atoms with Crippen molar-refractivity contribution < 1.29 is 27.5 Å². The largest absolute Gasteiger partial charge is 0.573 e. The lowest BCUT2D eigenvalue weighted by atomic mass is 9.98. The number of hydrogen-bond acceptors (Lipinski definition) is 4. The lowest BCUT2D eigenvalue weighted by Crippen LogP contribution is -2.47. The topological polar surface area (TPSA) is 61.9 Å². The highest BCUT2D eigenvalue weighted by Crippen LogP contribution is 2.34. The Balaban J connectivity index is 1.50. The van der Waals surface area contributed by atoms with Crippen LogP contribution in [0.4, 0.5) is 18.9 Å². The normalized spacial score (nSPS) is 14.4. The van der Waals surface area contributed by atoms with Gasteiger partial charge in [0.1, 0.15) is 5.75 Å². The Kier molecular flexibility index (Phi) is 7.59. The lowest BCUT2D eigenvalue weighted by Gasteiger charge is -2.34. The van der Waals surface area contributed by atoms with Gasteiger partial charge in [0, 0.05) is 45.3 Å². The first-order chi connectivity index (χ1) is 17.2. The van der Waals surface area contributed by atoms with Gasteiger partial charge in [-0.1, -0.05) is 54.6 Å². The van der Waals surface area contributed by atoms with Crippen LogP contribution in [-0.4, -0.2) is 54.2 Å². The molecular weight excluding hydrogens is 471 g/mol. The summed E-state index contributed by atoms with van der Waals surface area (Å²) in [7, 11) is 0. The number of rotatable bonds is 6. The third-order valence-electron chi connectivity index (χ3n) is 6.00. The molecule has 1 heterocycles. The molecule has 3 aromatic rings. The van der Waals surface area contributed by atoms with Crippen molar-refractivity contribution in [2.24, 2.45) is 0 Å². The number of nitrogens with one attached hydrogen (secondary N) is 1. The van der Waals surface area contributed by atoms with E-state index in [1.165, 1.54) is 6.07 Å². The zero-order valence-corrected chi connectivity index (χ0v) is 19.7. The second-order valence-electron chi connectivity index (χ2n) is 8.53. The number of alkyl halides is 3. The summed E-state index contributed by atoms with van der Waals surface area (Å²) in [6.45, 7) is 5.19. The summed E-state index contributed by atoms with van der Waals surface area (Å²) in [6.07, 6.45) is -4.94. The number of nitrogens with zero attached hydrogens (tertiary/aromatic N) is 2. The van der Waals surface area contributed by atoms with Crippen molar-refractivity contribution in [3.05, 3.63) is 83.9 Å². The maximum absolute atomic E-state index is 13.2. The number of carbonyl (C=O) groups excluding carboxylic acids is 2.